The molecule has 0 radical (unpaired) electrons. The molecule has 2 nitrogen and oxygen atoms in total. The maximum Gasteiger partial charge on any atom is 0.104 e. The summed E-state index contributed by atoms with van der Waals surface area (Å²) in [6, 6.07) is 9.41. The van der Waals surface area contributed by atoms with Crippen LogP contribution in [0.1, 0.15) is 18.4 Å². The molecule has 1 aromatic rings. The molecular formula is C12H19N2+. The maximum atomic E-state index is 3.48. The zero-order chi connectivity index (χ0) is 9.80. The average molecular weight is 191 g/mol. The van der Waals surface area contributed by atoms with Crippen molar-refractivity contribution in [2.24, 2.45) is 0 Å². The van der Waals surface area contributed by atoms with E-state index in [0.29, 0.717) is 0 Å². The third kappa shape index (κ3) is 2.48. The number of benzene rings is 1. The molecular weight excluding hydrogens is 172 g/mol. The highest BCUT2D eigenvalue weighted by Gasteiger charge is 2.17. The summed E-state index contributed by atoms with van der Waals surface area (Å²) in [5, 5.41) is 5.93. The van der Waals surface area contributed by atoms with E-state index in [1.54, 1.807) is 0 Å². The molecule has 1 aliphatic rings. The van der Waals surface area contributed by atoms with Gasteiger partial charge in [0.15, 0.2) is 0 Å². The fraction of sp³-hybridized carbons (Fsp3) is 0.500. The second kappa shape index (κ2) is 4.47. The highest BCUT2D eigenvalue weighted by molar-refractivity contribution is 5.44. The standard InChI is InChI=1S/C12H18N2/c1-10-4-6-11(7-5-10)14-9-12-3-2-8-13-12/h4-7,12-14H,2-3,8-9H2,1H3/p+1/t12-/m0/s1. The van der Waals surface area contributed by atoms with E-state index >= 15 is 0 Å². The first-order chi connectivity index (χ1) is 6.84. The van der Waals surface area contributed by atoms with Crippen molar-refractivity contribution in [3.05, 3.63) is 29.8 Å². The van der Waals surface area contributed by atoms with Crippen molar-refractivity contribution in [1.29, 1.82) is 0 Å². The number of quaternary nitrogens is 1. The normalized spacial score (nSPS) is 21.1. The van der Waals surface area contributed by atoms with Crippen LogP contribution in [0.4, 0.5) is 5.69 Å². The number of hydrogen-bond acceptors (Lipinski definition) is 1. The van der Waals surface area contributed by atoms with Gasteiger partial charge in [-0.05, 0) is 19.1 Å². The van der Waals surface area contributed by atoms with E-state index < -0.39 is 0 Å². The van der Waals surface area contributed by atoms with Crippen LogP contribution in [0.5, 0.6) is 0 Å². The lowest BCUT2D eigenvalue weighted by Crippen LogP contribution is -2.87. The van der Waals surface area contributed by atoms with Crippen LogP contribution >= 0.6 is 0 Å². The second-order valence-corrected chi connectivity index (χ2v) is 4.17. The van der Waals surface area contributed by atoms with Crippen molar-refractivity contribution in [2.75, 3.05) is 18.4 Å². The second-order valence-electron chi connectivity index (χ2n) is 4.17. The molecule has 2 rings (SSSR count). The van der Waals surface area contributed by atoms with Crippen molar-refractivity contribution >= 4 is 5.69 Å². The van der Waals surface area contributed by atoms with Gasteiger partial charge < -0.3 is 10.6 Å². The molecule has 0 spiro atoms. The van der Waals surface area contributed by atoms with Gasteiger partial charge in [-0.15, -0.1) is 0 Å². The monoisotopic (exact) mass is 191 g/mol. The van der Waals surface area contributed by atoms with Gasteiger partial charge in [0.1, 0.15) is 6.04 Å². The molecule has 1 heterocycles. The molecule has 2 heteroatoms. The Morgan fingerprint density at radius 1 is 1.36 bits per heavy atom. The summed E-state index contributed by atoms with van der Waals surface area (Å²) >= 11 is 0. The number of nitrogens with two attached hydrogens (primary N) is 1. The summed E-state index contributed by atoms with van der Waals surface area (Å²) < 4.78 is 0. The Morgan fingerprint density at radius 2 is 2.14 bits per heavy atom. The Morgan fingerprint density at radius 3 is 2.79 bits per heavy atom. The van der Waals surface area contributed by atoms with Gasteiger partial charge in [-0.25, -0.2) is 0 Å². The van der Waals surface area contributed by atoms with Crippen LogP contribution in [0.15, 0.2) is 24.3 Å². The lowest BCUT2D eigenvalue weighted by molar-refractivity contribution is -0.666. The topological polar surface area (TPSA) is 28.6 Å². The molecule has 0 unspecified atom stereocenters. The van der Waals surface area contributed by atoms with Crippen LogP contribution in [-0.4, -0.2) is 19.1 Å². The summed E-state index contributed by atoms with van der Waals surface area (Å²) in [4.78, 5) is 0. The largest absolute Gasteiger partial charge is 0.379 e. The van der Waals surface area contributed by atoms with Crippen LogP contribution in [0, 0.1) is 6.92 Å². The number of rotatable bonds is 3. The summed E-state index contributed by atoms with van der Waals surface area (Å²) in [5.41, 5.74) is 2.57. The van der Waals surface area contributed by atoms with E-state index in [9.17, 15) is 0 Å². The zero-order valence-corrected chi connectivity index (χ0v) is 8.79. The lowest BCUT2D eigenvalue weighted by Gasteiger charge is -2.10. The molecule has 0 amide bonds. The van der Waals surface area contributed by atoms with Crippen molar-refractivity contribution in [3.63, 3.8) is 0 Å². The minimum atomic E-state index is 0.788. The highest BCUT2D eigenvalue weighted by atomic mass is 15.0. The van der Waals surface area contributed by atoms with Gasteiger partial charge in [-0.3, -0.25) is 0 Å². The van der Waals surface area contributed by atoms with E-state index in [2.05, 4.69) is 41.8 Å². The molecule has 1 atom stereocenters. The van der Waals surface area contributed by atoms with Gasteiger partial charge in [0.2, 0.25) is 0 Å². The number of aryl methyl sites for hydroxylation is 1. The SMILES string of the molecule is Cc1ccc(NC[C@@H]2CCC[NH2+]2)cc1. The zero-order valence-electron chi connectivity index (χ0n) is 8.79. The van der Waals surface area contributed by atoms with Gasteiger partial charge in [0.05, 0.1) is 13.1 Å². The van der Waals surface area contributed by atoms with E-state index in [1.807, 2.05) is 0 Å². The predicted octanol–water partition coefficient (Wildman–Crippen LogP) is 1.13. The van der Waals surface area contributed by atoms with Gasteiger partial charge in [0, 0.05) is 18.5 Å². The van der Waals surface area contributed by atoms with Crippen molar-refractivity contribution < 1.29 is 5.32 Å². The summed E-state index contributed by atoms with van der Waals surface area (Å²) in [6.07, 6.45) is 2.74. The van der Waals surface area contributed by atoms with Gasteiger partial charge in [-0.1, -0.05) is 17.7 Å². The van der Waals surface area contributed by atoms with E-state index in [0.717, 1.165) is 12.6 Å². The lowest BCUT2D eigenvalue weighted by atomic mass is 10.2. The predicted molar refractivity (Wildman–Crippen MR) is 59.5 cm³/mol. The fourth-order valence-corrected chi connectivity index (χ4v) is 1.96. The summed E-state index contributed by atoms with van der Waals surface area (Å²) in [5.74, 6) is 0. The van der Waals surface area contributed by atoms with Crippen LogP contribution in [0.2, 0.25) is 0 Å². The van der Waals surface area contributed by atoms with Crippen LogP contribution in [0.3, 0.4) is 0 Å². The summed E-state index contributed by atoms with van der Waals surface area (Å²) in [7, 11) is 0. The van der Waals surface area contributed by atoms with E-state index in [4.69, 9.17) is 0 Å². The van der Waals surface area contributed by atoms with Crippen LogP contribution in [0.25, 0.3) is 0 Å². The molecule has 3 N–H and O–H groups in total. The third-order valence-electron chi connectivity index (χ3n) is 2.90. The van der Waals surface area contributed by atoms with Crippen LogP contribution in [-0.2, 0) is 0 Å². The Bertz CT molecular complexity index is 273. The molecule has 14 heavy (non-hydrogen) atoms. The van der Waals surface area contributed by atoms with E-state index in [-0.39, 0.29) is 0 Å². The van der Waals surface area contributed by atoms with Gasteiger partial charge in [-0.2, -0.15) is 0 Å². The maximum absolute atomic E-state index is 3.48. The van der Waals surface area contributed by atoms with Crippen molar-refractivity contribution in [1.82, 2.24) is 0 Å². The first kappa shape index (κ1) is 9.53. The van der Waals surface area contributed by atoms with Crippen LogP contribution < -0.4 is 10.6 Å². The molecule has 76 valence electrons. The van der Waals surface area contributed by atoms with E-state index in [1.165, 1.54) is 30.6 Å². The first-order valence-corrected chi connectivity index (χ1v) is 5.48. The van der Waals surface area contributed by atoms with Gasteiger partial charge in [0.25, 0.3) is 0 Å². The molecule has 1 saturated heterocycles. The third-order valence-corrected chi connectivity index (χ3v) is 2.90. The molecule has 0 aromatic heterocycles. The van der Waals surface area contributed by atoms with Crippen molar-refractivity contribution in [3.8, 4) is 0 Å². The number of anilines is 1. The average Bonchev–Trinajstić information content (AvgIpc) is 2.70. The van der Waals surface area contributed by atoms with Crippen molar-refractivity contribution in [2.45, 2.75) is 25.8 Å². The quantitative estimate of drug-likeness (QED) is 0.737. The minimum absolute atomic E-state index is 0.788. The molecule has 1 aromatic carbocycles. The first-order valence-electron chi connectivity index (χ1n) is 5.48. The minimum Gasteiger partial charge on any atom is -0.379 e. The molecule has 0 saturated carbocycles. The summed E-state index contributed by atoms with van der Waals surface area (Å²) in [6.45, 7) is 4.53. The Hall–Kier alpha value is -1.02. The molecule has 1 fully saturated rings. The number of nitrogens with one attached hydrogen (secondary N) is 1. The number of hydrogen-bond donors (Lipinski definition) is 2. The Balaban J connectivity index is 1.82. The highest BCUT2D eigenvalue weighted by Crippen LogP contribution is 2.08. The fourth-order valence-electron chi connectivity index (χ4n) is 1.96. The Labute approximate surface area is 85.7 Å². The molecule has 0 bridgehead atoms. The Kier molecular flexibility index (Phi) is 3.04. The van der Waals surface area contributed by atoms with Gasteiger partial charge >= 0.3 is 0 Å². The smallest absolute Gasteiger partial charge is 0.104 e. The molecule has 1 aliphatic heterocycles. The molecule has 0 aliphatic carbocycles.